The lowest BCUT2D eigenvalue weighted by atomic mass is 10.1. The molecule has 68 valence electrons. The zero-order chi connectivity index (χ0) is 9.97. The van der Waals surface area contributed by atoms with Crippen LogP contribution in [-0.2, 0) is 0 Å². The molecule has 0 aliphatic rings. The van der Waals surface area contributed by atoms with Crippen molar-refractivity contribution in [1.82, 2.24) is 5.16 Å². The van der Waals surface area contributed by atoms with E-state index in [1.54, 1.807) is 0 Å². The van der Waals surface area contributed by atoms with Crippen LogP contribution in [0, 0.1) is 18.3 Å². The quantitative estimate of drug-likeness (QED) is 0.684. The third-order valence-corrected chi connectivity index (χ3v) is 1.98. The summed E-state index contributed by atoms with van der Waals surface area (Å²) in [5.41, 5.74) is 3.12. The fourth-order valence-electron chi connectivity index (χ4n) is 1.32. The lowest BCUT2D eigenvalue weighted by Gasteiger charge is -1.97. The van der Waals surface area contributed by atoms with Crippen molar-refractivity contribution in [3.05, 3.63) is 41.7 Å². The van der Waals surface area contributed by atoms with Gasteiger partial charge >= 0.3 is 0 Å². The number of nitrogens with zero attached hydrogens (tertiary/aromatic N) is 2. The molecule has 1 aromatic carbocycles. The van der Waals surface area contributed by atoms with Crippen LogP contribution < -0.4 is 0 Å². The topological polar surface area (TPSA) is 49.8 Å². The highest BCUT2D eigenvalue weighted by Crippen LogP contribution is 2.21. The summed E-state index contributed by atoms with van der Waals surface area (Å²) in [6, 6.07) is 9.84. The van der Waals surface area contributed by atoms with Crippen LogP contribution in [0.15, 0.2) is 35.1 Å². The summed E-state index contributed by atoms with van der Waals surface area (Å²) in [6.07, 6.45) is 1.36. The lowest BCUT2D eigenvalue weighted by Crippen LogP contribution is -1.82. The minimum atomic E-state index is 0.468. The Morgan fingerprint density at radius 1 is 1.43 bits per heavy atom. The molecule has 0 saturated heterocycles. The number of hydrogen-bond donors (Lipinski definition) is 0. The normalized spacial score (nSPS) is 9.71. The van der Waals surface area contributed by atoms with E-state index in [4.69, 9.17) is 9.78 Å². The van der Waals surface area contributed by atoms with E-state index in [0.717, 1.165) is 11.1 Å². The SMILES string of the molecule is Cc1cccc(-c2nocc2C#N)c1. The molecule has 0 radical (unpaired) electrons. The van der Waals surface area contributed by atoms with E-state index in [2.05, 4.69) is 5.16 Å². The van der Waals surface area contributed by atoms with E-state index in [1.807, 2.05) is 37.3 Å². The molecule has 3 nitrogen and oxygen atoms in total. The molecule has 2 rings (SSSR count). The summed E-state index contributed by atoms with van der Waals surface area (Å²) in [5.74, 6) is 0. The molecule has 0 fully saturated rings. The molecule has 0 atom stereocenters. The van der Waals surface area contributed by atoms with Gasteiger partial charge < -0.3 is 4.52 Å². The van der Waals surface area contributed by atoms with Gasteiger partial charge in [-0.25, -0.2) is 0 Å². The van der Waals surface area contributed by atoms with Crippen LogP contribution in [0.25, 0.3) is 11.3 Å². The minimum absolute atomic E-state index is 0.468. The molecule has 0 aliphatic heterocycles. The van der Waals surface area contributed by atoms with Gasteiger partial charge in [-0.3, -0.25) is 0 Å². The van der Waals surface area contributed by atoms with Gasteiger partial charge in [0.05, 0.1) is 0 Å². The molecule has 0 saturated carbocycles. The number of aromatic nitrogens is 1. The second kappa shape index (κ2) is 3.35. The molecular weight excluding hydrogens is 176 g/mol. The van der Waals surface area contributed by atoms with Crippen molar-refractivity contribution in [2.24, 2.45) is 0 Å². The maximum atomic E-state index is 8.79. The third-order valence-electron chi connectivity index (χ3n) is 1.98. The van der Waals surface area contributed by atoms with Gasteiger partial charge in [-0.1, -0.05) is 28.9 Å². The van der Waals surface area contributed by atoms with Crippen molar-refractivity contribution >= 4 is 0 Å². The Morgan fingerprint density at radius 2 is 2.29 bits per heavy atom. The number of hydrogen-bond acceptors (Lipinski definition) is 3. The van der Waals surface area contributed by atoms with Gasteiger partial charge in [0.2, 0.25) is 0 Å². The molecule has 0 bridgehead atoms. The fourth-order valence-corrected chi connectivity index (χ4v) is 1.32. The Kier molecular flexibility index (Phi) is 2.04. The van der Waals surface area contributed by atoms with Crippen LogP contribution in [-0.4, -0.2) is 5.16 Å². The molecule has 0 N–H and O–H groups in total. The first-order valence-electron chi connectivity index (χ1n) is 4.23. The Hall–Kier alpha value is -2.08. The van der Waals surface area contributed by atoms with Crippen LogP contribution in [0.2, 0.25) is 0 Å². The second-order valence-corrected chi connectivity index (χ2v) is 3.06. The summed E-state index contributed by atoms with van der Waals surface area (Å²) >= 11 is 0. The van der Waals surface area contributed by atoms with Gasteiger partial charge in [0.25, 0.3) is 0 Å². The summed E-state index contributed by atoms with van der Waals surface area (Å²) in [5, 5.41) is 12.6. The highest BCUT2D eigenvalue weighted by molar-refractivity contribution is 5.65. The van der Waals surface area contributed by atoms with Crippen molar-refractivity contribution in [3.8, 4) is 17.3 Å². The first-order valence-corrected chi connectivity index (χ1v) is 4.23. The molecule has 1 aromatic heterocycles. The molecule has 14 heavy (non-hydrogen) atoms. The highest BCUT2D eigenvalue weighted by atomic mass is 16.5. The molecule has 0 aliphatic carbocycles. The molecular formula is C11H8N2O. The maximum absolute atomic E-state index is 8.79. The predicted molar refractivity (Wildman–Crippen MR) is 51.4 cm³/mol. The summed E-state index contributed by atoms with van der Waals surface area (Å²) in [4.78, 5) is 0. The number of nitriles is 1. The summed E-state index contributed by atoms with van der Waals surface area (Å²) in [6.45, 7) is 2.00. The highest BCUT2D eigenvalue weighted by Gasteiger charge is 2.08. The smallest absolute Gasteiger partial charge is 0.142 e. The maximum Gasteiger partial charge on any atom is 0.142 e. The van der Waals surface area contributed by atoms with Crippen LogP contribution in [0.5, 0.6) is 0 Å². The van der Waals surface area contributed by atoms with E-state index in [1.165, 1.54) is 6.26 Å². The van der Waals surface area contributed by atoms with E-state index in [9.17, 15) is 0 Å². The van der Waals surface area contributed by atoms with Gasteiger partial charge in [0.15, 0.2) is 0 Å². The zero-order valence-corrected chi connectivity index (χ0v) is 7.69. The number of benzene rings is 1. The van der Waals surface area contributed by atoms with Gasteiger partial charge in [0.1, 0.15) is 23.6 Å². The minimum Gasteiger partial charge on any atom is -0.363 e. The van der Waals surface area contributed by atoms with Crippen LogP contribution in [0.3, 0.4) is 0 Å². The predicted octanol–water partition coefficient (Wildman–Crippen LogP) is 2.52. The van der Waals surface area contributed by atoms with Crippen molar-refractivity contribution in [1.29, 1.82) is 5.26 Å². The monoisotopic (exact) mass is 184 g/mol. The molecule has 0 spiro atoms. The molecule has 0 amide bonds. The molecule has 0 unspecified atom stereocenters. The standard InChI is InChI=1S/C11H8N2O/c1-8-3-2-4-9(5-8)11-10(6-12)7-14-13-11/h2-5,7H,1H3. The Balaban J connectivity index is 2.56. The fraction of sp³-hybridized carbons (Fsp3) is 0.0909. The summed E-state index contributed by atoms with van der Waals surface area (Å²) < 4.78 is 4.76. The van der Waals surface area contributed by atoms with Gasteiger partial charge in [-0.15, -0.1) is 0 Å². The van der Waals surface area contributed by atoms with Gasteiger partial charge in [0, 0.05) is 5.56 Å². The number of rotatable bonds is 1. The largest absolute Gasteiger partial charge is 0.363 e. The van der Waals surface area contributed by atoms with Crippen molar-refractivity contribution in [2.45, 2.75) is 6.92 Å². The Bertz CT molecular complexity index is 494. The average Bonchev–Trinajstić information content (AvgIpc) is 2.65. The molecule has 1 heterocycles. The third kappa shape index (κ3) is 1.38. The summed E-state index contributed by atoms with van der Waals surface area (Å²) in [7, 11) is 0. The second-order valence-electron chi connectivity index (χ2n) is 3.06. The zero-order valence-electron chi connectivity index (χ0n) is 7.69. The average molecular weight is 184 g/mol. The van der Waals surface area contributed by atoms with E-state index in [-0.39, 0.29) is 0 Å². The Morgan fingerprint density at radius 3 is 3.00 bits per heavy atom. The first kappa shape index (κ1) is 8.52. The van der Waals surface area contributed by atoms with Gasteiger partial charge in [-0.2, -0.15) is 5.26 Å². The van der Waals surface area contributed by atoms with E-state index in [0.29, 0.717) is 11.3 Å². The van der Waals surface area contributed by atoms with Crippen molar-refractivity contribution < 1.29 is 4.52 Å². The van der Waals surface area contributed by atoms with Gasteiger partial charge in [-0.05, 0) is 13.0 Å². The van der Waals surface area contributed by atoms with Crippen LogP contribution >= 0.6 is 0 Å². The molecule has 2 aromatic rings. The Labute approximate surface area is 81.6 Å². The van der Waals surface area contributed by atoms with Crippen molar-refractivity contribution in [2.75, 3.05) is 0 Å². The number of aryl methyl sites for hydroxylation is 1. The first-order chi connectivity index (χ1) is 6.81. The van der Waals surface area contributed by atoms with Crippen LogP contribution in [0.1, 0.15) is 11.1 Å². The molecule has 3 heteroatoms. The van der Waals surface area contributed by atoms with Crippen LogP contribution in [0.4, 0.5) is 0 Å². The lowest BCUT2D eigenvalue weighted by molar-refractivity contribution is 0.422. The van der Waals surface area contributed by atoms with E-state index >= 15 is 0 Å². The van der Waals surface area contributed by atoms with Crippen molar-refractivity contribution in [3.63, 3.8) is 0 Å². The van der Waals surface area contributed by atoms with E-state index < -0.39 is 0 Å².